The lowest BCUT2D eigenvalue weighted by atomic mass is 10.3. The van der Waals surface area contributed by atoms with Crippen LogP contribution in [0.3, 0.4) is 0 Å². The van der Waals surface area contributed by atoms with Crippen molar-refractivity contribution < 1.29 is 18.3 Å². The second kappa shape index (κ2) is 5.69. The Morgan fingerprint density at radius 1 is 1.44 bits per heavy atom. The molecule has 1 amide bonds. The van der Waals surface area contributed by atoms with Crippen molar-refractivity contribution in [2.75, 3.05) is 18.8 Å². The van der Waals surface area contributed by atoms with Crippen molar-refractivity contribution in [3.63, 3.8) is 0 Å². The number of carbonyl (C=O) groups is 1. The number of aromatic hydroxyl groups is 1. The number of nitrogens with two attached hydrogens (primary N) is 1. The highest BCUT2D eigenvalue weighted by molar-refractivity contribution is 7.89. The summed E-state index contributed by atoms with van der Waals surface area (Å²) in [4.78, 5) is 11.0. The summed E-state index contributed by atoms with van der Waals surface area (Å²) in [5.74, 6) is -0.620. The molecular weight excluding hydrogens is 258 g/mol. The van der Waals surface area contributed by atoms with Gasteiger partial charge in [-0.05, 0) is 25.1 Å². The van der Waals surface area contributed by atoms with E-state index < -0.39 is 15.9 Å². The van der Waals surface area contributed by atoms with Gasteiger partial charge in [-0.3, -0.25) is 4.79 Å². The molecule has 1 aromatic carbocycles. The summed E-state index contributed by atoms with van der Waals surface area (Å²) in [5.41, 5.74) is 5.35. The van der Waals surface area contributed by atoms with Crippen LogP contribution in [0.5, 0.6) is 5.75 Å². The minimum absolute atomic E-state index is 0.0455. The molecule has 18 heavy (non-hydrogen) atoms. The number of nitrogens with one attached hydrogen (secondary N) is 2. The minimum Gasteiger partial charge on any atom is -0.506 e. The first-order valence-corrected chi connectivity index (χ1v) is 6.70. The van der Waals surface area contributed by atoms with Crippen LogP contribution < -0.4 is 15.8 Å². The van der Waals surface area contributed by atoms with Gasteiger partial charge in [0, 0.05) is 6.54 Å². The molecule has 0 heterocycles. The number of phenolic OH excluding ortho intramolecular Hbond substituents is 1. The third kappa shape index (κ3) is 3.60. The summed E-state index contributed by atoms with van der Waals surface area (Å²) in [6.07, 6.45) is 0. The number of benzene rings is 1. The average molecular weight is 273 g/mol. The molecule has 0 unspecified atom stereocenters. The van der Waals surface area contributed by atoms with Crippen LogP contribution in [0, 0.1) is 0 Å². The summed E-state index contributed by atoms with van der Waals surface area (Å²) in [6, 6.07) is 3.50. The van der Waals surface area contributed by atoms with Gasteiger partial charge in [0.25, 0.3) is 0 Å². The van der Waals surface area contributed by atoms with E-state index in [-0.39, 0.29) is 22.9 Å². The van der Waals surface area contributed by atoms with E-state index >= 15 is 0 Å². The van der Waals surface area contributed by atoms with Crippen LogP contribution in [0.1, 0.15) is 6.92 Å². The topological polar surface area (TPSA) is 122 Å². The van der Waals surface area contributed by atoms with E-state index in [0.717, 1.165) is 6.07 Å². The third-order valence-corrected chi connectivity index (χ3v) is 3.50. The van der Waals surface area contributed by atoms with Crippen molar-refractivity contribution in [1.82, 2.24) is 10.0 Å². The number of carbonyl (C=O) groups excluding carboxylic acids is 1. The van der Waals surface area contributed by atoms with Crippen molar-refractivity contribution in [3.8, 4) is 5.75 Å². The van der Waals surface area contributed by atoms with E-state index in [0.29, 0.717) is 6.54 Å². The van der Waals surface area contributed by atoms with Crippen molar-refractivity contribution in [2.24, 2.45) is 0 Å². The molecule has 0 fully saturated rings. The molecule has 7 nitrogen and oxygen atoms in total. The zero-order valence-electron chi connectivity index (χ0n) is 9.80. The van der Waals surface area contributed by atoms with Gasteiger partial charge in [-0.2, -0.15) is 0 Å². The highest BCUT2D eigenvalue weighted by Crippen LogP contribution is 2.22. The Bertz CT molecular complexity index is 542. The highest BCUT2D eigenvalue weighted by Gasteiger charge is 2.16. The standard InChI is InChI=1S/C10H15N3O4S/c1-2-12-10(15)6-13-18(16,17)7-3-4-9(14)8(11)5-7/h3-5,13-14H,2,6,11H2,1H3,(H,12,15). The van der Waals surface area contributed by atoms with Gasteiger partial charge >= 0.3 is 0 Å². The molecule has 0 saturated carbocycles. The number of phenols is 1. The van der Waals surface area contributed by atoms with Crippen LogP contribution in [0.25, 0.3) is 0 Å². The predicted molar refractivity (Wildman–Crippen MR) is 66.4 cm³/mol. The van der Waals surface area contributed by atoms with Crippen LogP contribution in [0.15, 0.2) is 23.1 Å². The monoisotopic (exact) mass is 273 g/mol. The van der Waals surface area contributed by atoms with E-state index in [4.69, 9.17) is 5.73 Å². The second-order valence-corrected chi connectivity index (χ2v) is 5.27. The normalized spacial score (nSPS) is 11.2. The molecule has 0 aliphatic heterocycles. The Morgan fingerprint density at radius 2 is 2.11 bits per heavy atom. The van der Waals surface area contributed by atoms with Crippen molar-refractivity contribution in [3.05, 3.63) is 18.2 Å². The largest absolute Gasteiger partial charge is 0.506 e. The number of likely N-dealkylation sites (N-methyl/N-ethyl adjacent to an activating group) is 1. The van der Waals surface area contributed by atoms with Gasteiger partial charge in [-0.1, -0.05) is 0 Å². The van der Waals surface area contributed by atoms with Gasteiger partial charge in [-0.25, -0.2) is 13.1 Å². The summed E-state index contributed by atoms with van der Waals surface area (Å²) in [6.45, 7) is 1.80. The molecule has 0 aromatic heterocycles. The second-order valence-electron chi connectivity index (χ2n) is 3.50. The lowest BCUT2D eigenvalue weighted by Gasteiger charge is -2.08. The zero-order chi connectivity index (χ0) is 13.8. The maximum atomic E-state index is 11.8. The molecule has 8 heteroatoms. The highest BCUT2D eigenvalue weighted by atomic mass is 32.2. The number of rotatable bonds is 5. The summed E-state index contributed by atoms with van der Waals surface area (Å²) in [5, 5.41) is 11.7. The smallest absolute Gasteiger partial charge is 0.241 e. The van der Waals surface area contributed by atoms with Gasteiger partial charge < -0.3 is 16.2 Å². The Balaban J connectivity index is 2.80. The van der Waals surface area contributed by atoms with Crippen LogP contribution in [0.4, 0.5) is 5.69 Å². The SMILES string of the molecule is CCNC(=O)CNS(=O)(=O)c1ccc(O)c(N)c1. The molecule has 0 atom stereocenters. The molecule has 1 aromatic rings. The van der Waals surface area contributed by atoms with E-state index in [2.05, 4.69) is 10.0 Å². The fraction of sp³-hybridized carbons (Fsp3) is 0.300. The van der Waals surface area contributed by atoms with Crippen LogP contribution in [-0.4, -0.2) is 32.5 Å². The summed E-state index contributed by atoms with van der Waals surface area (Å²) in [7, 11) is -3.81. The molecule has 5 N–H and O–H groups in total. The van der Waals surface area contributed by atoms with Gasteiger partial charge in [0.15, 0.2) is 0 Å². The molecule has 0 aliphatic carbocycles. The lowest BCUT2D eigenvalue weighted by molar-refractivity contribution is -0.119. The average Bonchev–Trinajstić information content (AvgIpc) is 2.30. The number of nitrogen functional groups attached to an aromatic ring is 1. The van der Waals surface area contributed by atoms with E-state index in [1.165, 1.54) is 12.1 Å². The maximum Gasteiger partial charge on any atom is 0.241 e. The zero-order valence-corrected chi connectivity index (χ0v) is 10.6. The third-order valence-electron chi connectivity index (χ3n) is 2.11. The molecule has 0 spiro atoms. The Morgan fingerprint density at radius 3 is 2.67 bits per heavy atom. The molecule has 0 saturated heterocycles. The quantitative estimate of drug-likeness (QED) is 0.421. The first-order valence-electron chi connectivity index (χ1n) is 5.21. The molecular formula is C10H15N3O4S. The number of amides is 1. The van der Waals surface area contributed by atoms with Gasteiger partial charge in [0.2, 0.25) is 15.9 Å². The summed E-state index contributed by atoms with van der Waals surface area (Å²) < 4.78 is 25.7. The fourth-order valence-electron chi connectivity index (χ4n) is 1.20. The van der Waals surface area contributed by atoms with E-state index in [1.807, 2.05) is 0 Å². The predicted octanol–water partition coefficient (Wildman–Crippen LogP) is -0.611. The summed E-state index contributed by atoms with van der Waals surface area (Å²) >= 11 is 0. The molecule has 0 radical (unpaired) electrons. The molecule has 0 bridgehead atoms. The Hall–Kier alpha value is -1.80. The number of anilines is 1. The Labute approximate surface area is 105 Å². The maximum absolute atomic E-state index is 11.8. The molecule has 1 rings (SSSR count). The van der Waals surface area contributed by atoms with Crippen LogP contribution in [-0.2, 0) is 14.8 Å². The minimum atomic E-state index is -3.81. The lowest BCUT2D eigenvalue weighted by Crippen LogP contribution is -2.36. The Kier molecular flexibility index (Phi) is 4.51. The van der Waals surface area contributed by atoms with Gasteiger partial charge in [0.1, 0.15) is 5.75 Å². The van der Waals surface area contributed by atoms with E-state index in [9.17, 15) is 18.3 Å². The van der Waals surface area contributed by atoms with Gasteiger partial charge in [-0.15, -0.1) is 0 Å². The van der Waals surface area contributed by atoms with Crippen molar-refractivity contribution in [1.29, 1.82) is 0 Å². The van der Waals surface area contributed by atoms with Crippen LogP contribution in [0.2, 0.25) is 0 Å². The van der Waals surface area contributed by atoms with Crippen molar-refractivity contribution in [2.45, 2.75) is 11.8 Å². The fourth-order valence-corrected chi connectivity index (χ4v) is 2.22. The number of sulfonamides is 1. The number of hydrogen-bond donors (Lipinski definition) is 4. The van der Waals surface area contributed by atoms with Crippen molar-refractivity contribution >= 4 is 21.6 Å². The van der Waals surface area contributed by atoms with E-state index in [1.54, 1.807) is 6.92 Å². The first kappa shape index (κ1) is 14.3. The van der Waals surface area contributed by atoms with Gasteiger partial charge in [0.05, 0.1) is 17.1 Å². The molecule has 0 aliphatic rings. The molecule has 100 valence electrons. The van der Waals surface area contributed by atoms with Crippen LogP contribution >= 0.6 is 0 Å². The number of hydrogen-bond acceptors (Lipinski definition) is 5. The first-order chi connectivity index (χ1) is 8.36.